The Hall–Kier alpha value is -2.59. The summed E-state index contributed by atoms with van der Waals surface area (Å²) in [5.41, 5.74) is -1.26. The van der Waals surface area contributed by atoms with E-state index in [9.17, 15) is 9.59 Å². The van der Waals surface area contributed by atoms with Gasteiger partial charge in [0.2, 0.25) is 0 Å². The van der Waals surface area contributed by atoms with Gasteiger partial charge in [-0.25, -0.2) is 9.59 Å². The molecule has 2 aromatic carbocycles. The van der Waals surface area contributed by atoms with Crippen molar-refractivity contribution >= 4 is 54.7 Å². The molecule has 3 aliphatic rings. The van der Waals surface area contributed by atoms with Crippen LogP contribution < -0.4 is 16.1 Å². The van der Waals surface area contributed by atoms with Crippen molar-refractivity contribution in [2.75, 3.05) is 0 Å². The standard InChI is InChI=1S/C20H32BNO4.C14H20BrNO2.C12H24B2O4/c1-17(2,3)24-16(23)22-18(4,5)14-10-12-15(13-11-14)21-25-19(6,7)20(8,9)26-21;1-13(2,3)18-12(17)16-14(4,5)10-6-8-11(15)9-7-10;1-9(2)10(3,4)16-13(15-9)14-17-11(5,6)12(7,8)18-14/h10-13H,1-9H3,(H,22,23);6-9H,1-5H3,(H,16,17);1-8H3. The van der Waals surface area contributed by atoms with E-state index in [-0.39, 0.29) is 33.6 Å². The summed E-state index contributed by atoms with van der Waals surface area (Å²) in [5.74, 6) is 0. The third kappa shape index (κ3) is 14.0. The zero-order valence-corrected chi connectivity index (χ0v) is 43.4. The van der Waals surface area contributed by atoms with E-state index in [1.807, 2.05) is 201 Å². The molecule has 3 fully saturated rings. The molecular formula is C46H76B3BrN2O10. The third-order valence-electron chi connectivity index (χ3n) is 12.1. The van der Waals surface area contributed by atoms with Gasteiger partial charge in [0.25, 0.3) is 0 Å². The molecule has 0 unspecified atom stereocenters. The first-order valence-electron chi connectivity index (χ1n) is 21.6. The molecule has 346 valence electrons. The van der Waals surface area contributed by atoms with E-state index < -0.39 is 55.6 Å². The van der Waals surface area contributed by atoms with Crippen molar-refractivity contribution in [3.63, 3.8) is 0 Å². The molecule has 62 heavy (non-hydrogen) atoms. The van der Waals surface area contributed by atoms with E-state index in [0.29, 0.717) is 0 Å². The molecule has 0 radical (unpaired) electrons. The summed E-state index contributed by atoms with van der Waals surface area (Å²) in [4.78, 5) is 23.9. The lowest BCUT2D eigenvalue weighted by Crippen LogP contribution is -2.44. The van der Waals surface area contributed by atoms with Crippen LogP contribution in [0.4, 0.5) is 9.59 Å². The minimum Gasteiger partial charge on any atom is -0.444 e. The molecular weight excluding hydrogens is 853 g/mol. The first kappa shape index (κ1) is 53.8. The maximum Gasteiger partial charge on any atom is 0.494 e. The molecule has 0 atom stereocenters. The highest BCUT2D eigenvalue weighted by molar-refractivity contribution is 9.10. The maximum atomic E-state index is 12.1. The van der Waals surface area contributed by atoms with Crippen LogP contribution in [0.5, 0.6) is 0 Å². The number of hydrogen-bond donors (Lipinski definition) is 2. The number of rotatable bonds is 6. The summed E-state index contributed by atoms with van der Waals surface area (Å²) in [6.07, 6.45) is -0.840. The van der Waals surface area contributed by atoms with Gasteiger partial charge >= 0.3 is 33.3 Å². The van der Waals surface area contributed by atoms with Gasteiger partial charge in [0.05, 0.1) is 44.7 Å². The molecule has 0 spiro atoms. The van der Waals surface area contributed by atoms with Gasteiger partial charge in [-0.2, -0.15) is 0 Å². The summed E-state index contributed by atoms with van der Waals surface area (Å²) < 4.78 is 47.6. The van der Waals surface area contributed by atoms with Gasteiger partial charge in [-0.05, 0) is 181 Å². The average Bonchev–Trinajstić information content (AvgIpc) is 3.52. The molecule has 16 heteroatoms. The fourth-order valence-corrected chi connectivity index (χ4v) is 6.43. The van der Waals surface area contributed by atoms with Gasteiger partial charge in [-0.15, -0.1) is 0 Å². The first-order chi connectivity index (χ1) is 27.6. The van der Waals surface area contributed by atoms with Crippen molar-refractivity contribution in [3.05, 3.63) is 64.1 Å². The number of alkyl carbamates (subject to hydrolysis) is 2. The Labute approximate surface area is 383 Å². The molecule has 3 aliphatic heterocycles. The van der Waals surface area contributed by atoms with Crippen molar-refractivity contribution in [2.24, 2.45) is 0 Å². The van der Waals surface area contributed by atoms with Gasteiger partial charge in [0.15, 0.2) is 0 Å². The minimum atomic E-state index is -0.559. The van der Waals surface area contributed by atoms with Crippen LogP contribution in [0.15, 0.2) is 53.0 Å². The van der Waals surface area contributed by atoms with Crippen molar-refractivity contribution < 1.29 is 47.0 Å². The normalized spacial score (nSPS) is 20.9. The fraction of sp³-hybridized carbons (Fsp3) is 0.696. The predicted octanol–water partition coefficient (Wildman–Crippen LogP) is 10.2. The average molecular weight is 929 g/mol. The van der Waals surface area contributed by atoms with Gasteiger partial charge in [0.1, 0.15) is 11.2 Å². The van der Waals surface area contributed by atoms with Crippen LogP contribution in [0, 0.1) is 0 Å². The number of hydrogen-bond acceptors (Lipinski definition) is 10. The zero-order chi connectivity index (χ0) is 47.9. The molecule has 3 heterocycles. The van der Waals surface area contributed by atoms with Crippen LogP contribution in [0.2, 0.25) is 0 Å². The lowest BCUT2D eigenvalue weighted by atomic mass is 9.49. The topological polar surface area (TPSA) is 132 Å². The Morgan fingerprint density at radius 1 is 0.468 bits per heavy atom. The van der Waals surface area contributed by atoms with Crippen molar-refractivity contribution in [2.45, 2.75) is 208 Å². The number of amides is 2. The zero-order valence-electron chi connectivity index (χ0n) is 41.8. The van der Waals surface area contributed by atoms with Crippen LogP contribution in [-0.4, -0.2) is 78.1 Å². The Morgan fingerprint density at radius 3 is 1.00 bits per heavy atom. The number of carbonyl (C=O) groups excluding carboxylic acids is 2. The minimum absolute atomic E-state index is 0.360. The van der Waals surface area contributed by atoms with Crippen molar-refractivity contribution in [1.29, 1.82) is 0 Å². The van der Waals surface area contributed by atoms with E-state index in [0.717, 1.165) is 21.1 Å². The SMILES string of the molecule is CC(C)(C)OC(=O)NC(C)(C)c1ccc(B2OC(C)(C)C(C)(C)O2)cc1.CC(C)(C)OC(=O)NC(C)(C)c1ccc(Br)cc1.CC1(C)OB(B2OC(C)(C)C(C)(C)O2)OC1(C)C. The number of halogens is 1. The molecule has 0 aromatic heterocycles. The quantitative estimate of drug-likeness (QED) is 0.270. The van der Waals surface area contributed by atoms with E-state index in [1.165, 1.54) is 0 Å². The summed E-state index contributed by atoms with van der Waals surface area (Å²) in [7, 11) is -1.34. The van der Waals surface area contributed by atoms with Crippen LogP contribution in [0.25, 0.3) is 0 Å². The largest absolute Gasteiger partial charge is 0.494 e. The second-order valence-electron chi connectivity index (χ2n) is 22.5. The molecule has 3 saturated heterocycles. The summed E-state index contributed by atoms with van der Waals surface area (Å²) in [6.45, 7) is 43.2. The van der Waals surface area contributed by atoms with E-state index >= 15 is 0 Å². The van der Waals surface area contributed by atoms with E-state index in [4.69, 9.17) is 37.4 Å². The second kappa shape index (κ2) is 18.4. The number of ether oxygens (including phenoxy) is 2. The summed E-state index contributed by atoms with van der Waals surface area (Å²) in [5, 5.41) is 5.79. The number of carbonyl (C=O) groups is 2. The van der Waals surface area contributed by atoms with Crippen LogP contribution in [0.1, 0.15) is 163 Å². The molecule has 12 nitrogen and oxygen atoms in total. The van der Waals surface area contributed by atoms with Gasteiger partial charge in [-0.3, -0.25) is 0 Å². The number of benzene rings is 2. The smallest absolute Gasteiger partial charge is 0.444 e. The van der Waals surface area contributed by atoms with E-state index in [1.54, 1.807) is 0 Å². The lowest BCUT2D eigenvalue weighted by molar-refractivity contribution is 0.00578. The van der Waals surface area contributed by atoms with Crippen molar-refractivity contribution in [1.82, 2.24) is 10.6 Å². The Morgan fingerprint density at radius 2 is 0.726 bits per heavy atom. The molecule has 0 aliphatic carbocycles. The Bertz CT molecular complexity index is 1770. The van der Waals surface area contributed by atoms with Gasteiger partial charge < -0.3 is 48.0 Å². The number of nitrogens with one attached hydrogen (secondary N) is 2. The monoisotopic (exact) mass is 928 g/mol. The van der Waals surface area contributed by atoms with Gasteiger partial charge in [-0.1, -0.05) is 52.3 Å². The van der Waals surface area contributed by atoms with Crippen molar-refractivity contribution in [3.8, 4) is 0 Å². The fourth-order valence-electron chi connectivity index (χ4n) is 6.16. The summed E-state index contributed by atoms with van der Waals surface area (Å²) >= 11 is 3.39. The molecule has 0 bridgehead atoms. The summed E-state index contributed by atoms with van der Waals surface area (Å²) in [6, 6.07) is 15.8. The van der Waals surface area contributed by atoms with Crippen LogP contribution in [0.3, 0.4) is 0 Å². The predicted molar refractivity (Wildman–Crippen MR) is 253 cm³/mol. The lowest BCUT2D eigenvalue weighted by Gasteiger charge is -2.32. The highest BCUT2D eigenvalue weighted by Crippen LogP contribution is 2.43. The second-order valence-corrected chi connectivity index (χ2v) is 23.4. The van der Waals surface area contributed by atoms with Gasteiger partial charge in [0, 0.05) is 4.47 Å². The molecule has 5 rings (SSSR count). The Kier molecular flexibility index (Phi) is 15.9. The molecule has 2 amide bonds. The van der Waals surface area contributed by atoms with Crippen LogP contribution >= 0.6 is 15.9 Å². The maximum absolute atomic E-state index is 12.1. The molecule has 0 saturated carbocycles. The highest BCUT2D eigenvalue weighted by atomic mass is 79.9. The molecule has 2 N–H and O–H groups in total. The Balaban J connectivity index is 0.000000255. The van der Waals surface area contributed by atoms with Crippen LogP contribution in [-0.2, 0) is 48.5 Å². The molecule has 2 aromatic rings. The third-order valence-corrected chi connectivity index (χ3v) is 12.6. The van der Waals surface area contributed by atoms with E-state index in [2.05, 4.69) is 26.6 Å². The first-order valence-corrected chi connectivity index (χ1v) is 22.4. The highest BCUT2D eigenvalue weighted by Gasteiger charge is 2.63.